The van der Waals surface area contributed by atoms with Crippen molar-refractivity contribution in [1.29, 1.82) is 0 Å². The third-order valence-corrected chi connectivity index (χ3v) is 11.8. The van der Waals surface area contributed by atoms with Gasteiger partial charge in [0.1, 0.15) is 17.1 Å². The first-order chi connectivity index (χ1) is 30.9. The molecular weight excluding hydrogens is 928 g/mol. The van der Waals surface area contributed by atoms with Crippen LogP contribution in [0.2, 0.25) is 0 Å². The van der Waals surface area contributed by atoms with Gasteiger partial charge in [-0.25, -0.2) is 19.1 Å². The van der Waals surface area contributed by atoms with Gasteiger partial charge >= 0.3 is 18.2 Å². The van der Waals surface area contributed by atoms with Crippen LogP contribution in [0.5, 0.6) is 11.5 Å². The van der Waals surface area contributed by atoms with E-state index in [0.29, 0.717) is 45.2 Å². The largest absolute Gasteiger partial charge is 0.497 e. The molecule has 2 saturated heterocycles. The molecule has 0 spiro atoms. The number of hydrogen-bond acceptors (Lipinski definition) is 11. The molecule has 9 amide bonds. The van der Waals surface area contributed by atoms with Crippen LogP contribution in [0.1, 0.15) is 78.6 Å². The van der Waals surface area contributed by atoms with E-state index < -0.39 is 46.6 Å². The van der Waals surface area contributed by atoms with Crippen molar-refractivity contribution in [2.24, 2.45) is 0 Å². The number of hydrogen-bond donors (Lipinski definition) is 3. The summed E-state index contributed by atoms with van der Waals surface area (Å²) in [5.74, 6) is -0.520. The summed E-state index contributed by atoms with van der Waals surface area (Å²) < 4.78 is 18.2. The number of halogens is 1. The van der Waals surface area contributed by atoms with Gasteiger partial charge in [-0.15, -0.1) is 0 Å². The molecule has 4 aliphatic heterocycles. The fourth-order valence-corrected chi connectivity index (χ4v) is 8.46. The summed E-state index contributed by atoms with van der Waals surface area (Å²) in [5.41, 5.74) is 0.473. The fourth-order valence-electron chi connectivity index (χ4n) is 8.19. The highest BCUT2D eigenvalue weighted by molar-refractivity contribution is 9.10. The van der Waals surface area contributed by atoms with E-state index in [2.05, 4.69) is 37.0 Å². The predicted octanol–water partition coefficient (Wildman–Crippen LogP) is 6.64. The summed E-state index contributed by atoms with van der Waals surface area (Å²) in [6.07, 6.45) is 2.41. The minimum absolute atomic E-state index is 0. The number of carbonyl (C=O) groups is 7. The molecule has 4 aromatic carbocycles. The van der Waals surface area contributed by atoms with Crippen LogP contribution in [0, 0.1) is 0 Å². The van der Waals surface area contributed by atoms with Crippen molar-refractivity contribution in [3.8, 4) is 17.2 Å². The highest BCUT2D eigenvalue weighted by Crippen LogP contribution is 2.37. The number of aromatic nitrogens is 2. The Morgan fingerprint density at radius 2 is 1.25 bits per heavy atom. The third kappa shape index (κ3) is 9.18. The van der Waals surface area contributed by atoms with E-state index in [1.54, 1.807) is 110 Å². The minimum atomic E-state index is -1.67. The minimum Gasteiger partial charge on any atom is -0.497 e. The first-order valence-corrected chi connectivity index (χ1v) is 21.1. The van der Waals surface area contributed by atoms with Crippen LogP contribution in [0.4, 0.5) is 14.4 Å². The molecule has 2 fully saturated rings. The average Bonchev–Trinajstić information content (AvgIpc) is 4.09. The Hall–Kier alpha value is -7.54. The van der Waals surface area contributed by atoms with Crippen LogP contribution >= 0.6 is 15.9 Å². The van der Waals surface area contributed by atoms with Crippen molar-refractivity contribution >= 4 is 57.7 Å². The second-order valence-corrected chi connectivity index (χ2v) is 17.6. The summed E-state index contributed by atoms with van der Waals surface area (Å²) in [4.78, 5) is 93.9. The maximum atomic E-state index is 13.7. The number of nitrogens with zero attached hydrogens (tertiary/aromatic N) is 5. The zero-order valence-electron chi connectivity index (χ0n) is 35.8. The van der Waals surface area contributed by atoms with Crippen LogP contribution in [0.3, 0.4) is 0 Å². The van der Waals surface area contributed by atoms with Crippen LogP contribution in [-0.2, 0) is 38.5 Å². The van der Waals surface area contributed by atoms with Gasteiger partial charge in [-0.1, -0.05) is 55.0 Å². The van der Waals surface area contributed by atoms with Crippen molar-refractivity contribution in [2.75, 3.05) is 27.3 Å². The summed E-state index contributed by atoms with van der Waals surface area (Å²) in [6, 6.07) is 24.6. The lowest BCUT2D eigenvalue weighted by Crippen LogP contribution is -2.53. The predicted molar refractivity (Wildman–Crippen MR) is 248 cm³/mol. The van der Waals surface area contributed by atoms with Gasteiger partial charge in [0, 0.05) is 41.1 Å². The number of fused-ring (bicyclic) bond motifs is 2. The normalized spacial score (nSPS) is 19.3. The third-order valence-electron chi connectivity index (χ3n) is 11.3. The van der Waals surface area contributed by atoms with Crippen molar-refractivity contribution < 1.29 is 47.8 Å². The van der Waals surface area contributed by atoms with Gasteiger partial charge in [0.15, 0.2) is 11.1 Å². The first-order valence-electron chi connectivity index (χ1n) is 20.3. The Morgan fingerprint density at radius 1 is 0.731 bits per heavy atom. The number of imide groups is 4. The molecule has 67 heavy (non-hydrogen) atoms. The fraction of sp³-hybridized carbons (Fsp3) is 0.292. The lowest BCUT2D eigenvalue weighted by Gasteiger charge is -2.31. The second kappa shape index (κ2) is 18.7. The van der Waals surface area contributed by atoms with Gasteiger partial charge in [0.25, 0.3) is 23.6 Å². The number of amides is 9. The smallest absolute Gasteiger partial charge is 0.425 e. The van der Waals surface area contributed by atoms with Gasteiger partial charge in [-0.05, 0) is 110 Å². The maximum absolute atomic E-state index is 13.7. The molecule has 18 nitrogen and oxygen atoms in total. The van der Waals surface area contributed by atoms with E-state index in [-0.39, 0.29) is 46.3 Å². The number of urea groups is 2. The van der Waals surface area contributed by atoms with Crippen LogP contribution in [0.25, 0.3) is 5.69 Å². The Morgan fingerprint density at radius 3 is 1.73 bits per heavy atom. The quantitative estimate of drug-likeness (QED) is 0.133. The van der Waals surface area contributed by atoms with Crippen LogP contribution in [0.15, 0.2) is 108 Å². The van der Waals surface area contributed by atoms with E-state index in [1.165, 1.54) is 12.0 Å². The summed E-state index contributed by atoms with van der Waals surface area (Å²) in [5, 5.41) is 11.9. The summed E-state index contributed by atoms with van der Waals surface area (Å²) in [7, 11) is 3.10. The lowest BCUT2D eigenvalue weighted by atomic mass is 9.89. The lowest BCUT2D eigenvalue weighted by molar-refractivity contribution is -0.131. The number of benzene rings is 4. The van der Waals surface area contributed by atoms with Gasteiger partial charge in [0.05, 0.1) is 33.0 Å². The number of ether oxygens (including phenoxy) is 3. The topological polar surface area (TPSA) is 211 Å². The van der Waals surface area contributed by atoms with E-state index in [1.807, 2.05) is 30.5 Å². The van der Waals surface area contributed by atoms with Crippen LogP contribution < -0.4 is 25.4 Å². The maximum Gasteiger partial charge on any atom is 0.425 e. The molecule has 0 aliphatic carbocycles. The molecule has 5 heterocycles. The van der Waals surface area contributed by atoms with Crippen molar-refractivity contribution in [2.45, 2.75) is 65.4 Å². The van der Waals surface area contributed by atoms with Gasteiger partial charge in [0.2, 0.25) is 0 Å². The number of nitrogens with one attached hydrogen (secondary N) is 3. The Kier molecular flexibility index (Phi) is 13.7. The average molecular weight is 980 g/mol. The molecule has 0 bridgehead atoms. The molecule has 3 N–H and O–H groups in total. The zero-order chi connectivity index (χ0) is 46.4. The zero-order valence-corrected chi connectivity index (χ0v) is 37.4. The second-order valence-electron chi connectivity index (χ2n) is 16.6. The molecular formula is C48H51BrN8O10. The van der Waals surface area contributed by atoms with Crippen molar-refractivity contribution in [1.82, 2.24) is 40.4 Å². The first kappa shape index (κ1) is 48.9. The molecule has 1 aromatic heterocycles. The van der Waals surface area contributed by atoms with E-state index in [0.717, 1.165) is 21.3 Å². The highest BCUT2D eigenvalue weighted by atomic mass is 79.9. The molecule has 2 unspecified atom stereocenters. The number of methoxy groups -OCH3 is 2. The van der Waals surface area contributed by atoms with Gasteiger partial charge in [-0.2, -0.15) is 10.00 Å². The van der Waals surface area contributed by atoms with E-state index in [4.69, 9.17) is 14.2 Å². The van der Waals surface area contributed by atoms with E-state index >= 15 is 0 Å². The highest BCUT2D eigenvalue weighted by Gasteiger charge is 2.57. The van der Waals surface area contributed by atoms with E-state index in [9.17, 15) is 33.6 Å². The molecule has 350 valence electrons. The van der Waals surface area contributed by atoms with Gasteiger partial charge < -0.3 is 34.6 Å². The Labute approximate surface area is 395 Å². The molecule has 0 radical (unpaired) electrons. The summed E-state index contributed by atoms with van der Waals surface area (Å²) >= 11 is 3.36. The number of carbonyl (C=O) groups excluding carboxylic acids is 7. The molecule has 5 aromatic rings. The Bertz CT molecular complexity index is 2760. The molecule has 0 saturated carbocycles. The van der Waals surface area contributed by atoms with Gasteiger partial charge in [-0.3, -0.25) is 24.5 Å². The SMILES string of the molecule is C.C.COc1ccc2c(c1)CN(CC1(c3ccc(-n4cccn4)cc3)NC(=O)NC1=O)C2=O.COc1ccc2c(c1)CN(CC1(c3ccc(Br)cc3)NC(=O)N(C(=O)OC(C)(C)C)C1=O)C2=O. The molecule has 2 atom stereocenters. The molecule has 19 heteroatoms. The molecule has 9 rings (SSSR count). The summed E-state index contributed by atoms with van der Waals surface area (Å²) in [6.45, 7) is 5.29. The van der Waals surface area contributed by atoms with Crippen molar-refractivity contribution in [3.63, 3.8) is 0 Å². The monoisotopic (exact) mass is 978 g/mol. The Balaban J connectivity index is 0.000000215. The van der Waals surface area contributed by atoms with Crippen molar-refractivity contribution in [3.05, 3.63) is 141 Å². The molecule has 4 aliphatic rings. The number of rotatable bonds is 9. The standard InChI is InChI=1S/C24H24BrN3O6.C22H19N5O4.2CH4/c1-23(2,3)34-22(32)28-20(30)24(26-21(28)31,15-5-7-16(25)8-6-15)13-27-12-14-11-17(33-4)9-10-18(14)19(27)29;1-31-17-7-8-18-14(11-17)12-26(19(18)28)13-22(20(29)24-21(30)25-22)15-3-5-16(6-4-15)27-10-2-9-23-27;;/h5-11H,12-13H2,1-4H3,(H,26,31);2-11H,12-13H2,1H3,(H2,24,25,29,30);2*1H4. The van der Waals surface area contributed by atoms with Crippen LogP contribution in [-0.4, -0.2) is 99.2 Å².